The summed E-state index contributed by atoms with van der Waals surface area (Å²) in [4.78, 5) is 4.33. The molecule has 0 bridgehead atoms. The van der Waals surface area contributed by atoms with E-state index in [0.717, 1.165) is 17.9 Å². The Hall–Kier alpha value is -1.61. The number of nitrogens with zero attached hydrogens (tertiary/aromatic N) is 1. The lowest BCUT2D eigenvalue weighted by Gasteiger charge is -2.13. The molecule has 1 N–H and O–H groups in total. The second kappa shape index (κ2) is 4.94. The van der Waals surface area contributed by atoms with Crippen LogP contribution in [-0.2, 0) is 6.42 Å². The zero-order chi connectivity index (χ0) is 11.4. The van der Waals surface area contributed by atoms with Crippen LogP contribution < -0.4 is 5.32 Å². The normalized spacial score (nSPS) is 12.6. The van der Waals surface area contributed by atoms with Gasteiger partial charge in [-0.2, -0.15) is 0 Å². The third-order valence-corrected chi connectivity index (χ3v) is 2.64. The van der Waals surface area contributed by atoms with Crippen molar-refractivity contribution >= 4 is 0 Å². The van der Waals surface area contributed by atoms with Gasteiger partial charge >= 0.3 is 0 Å². The number of hydrogen-bond acceptors (Lipinski definition) is 3. The van der Waals surface area contributed by atoms with Gasteiger partial charge in [0.15, 0.2) is 0 Å². The van der Waals surface area contributed by atoms with E-state index in [1.165, 1.54) is 5.56 Å². The zero-order valence-electron chi connectivity index (χ0n) is 9.60. The Labute approximate surface area is 95.5 Å². The number of hydrogen-bond donors (Lipinski definition) is 1. The van der Waals surface area contributed by atoms with E-state index in [4.69, 9.17) is 4.42 Å². The standard InChI is InChI=1S/C13H16N2O/c1-10-7-11(9-16-10)13(14-2)8-12-5-3-4-6-15-12/h3-7,9,13-14H,8H2,1-2H3. The van der Waals surface area contributed by atoms with Gasteiger partial charge in [0.25, 0.3) is 0 Å². The third kappa shape index (κ3) is 2.49. The van der Waals surface area contributed by atoms with Crippen LogP contribution in [0.5, 0.6) is 0 Å². The van der Waals surface area contributed by atoms with E-state index in [-0.39, 0.29) is 6.04 Å². The molecule has 0 aliphatic heterocycles. The van der Waals surface area contributed by atoms with Gasteiger partial charge in [0.2, 0.25) is 0 Å². The molecule has 84 valence electrons. The molecule has 0 radical (unpaired) electrons. The molecular formula is C13H16N2O. The second-order valence-electron chi connectivity index (χ2n) is 3.86. The van der Waals surface area contributed by atoms with Gasteiger partial charge in [-0.3, -0.25) is 4.98 Å². The number of likely N-dealkylation sites (N-methyl/N-ethyl adjacent to an activating group) is 1. The van der Waals surface area contributed by atoms with Crippen LogP contribution in [0.15, 0.2) is 41.1 Å². The lowest BCUT2D eigenvalue weighted by atomic mass is 10.0. The first kappa shape index (κ1) is 10.9. The summed E-state index contributed by atoms with van der Waals surface area (Å²) in [6.07, 6.45) is 4.50. The Bertz CT molecular complexity index is 436. The largest absolute Gasteiger partial charge is 0.469 e. The van der Waals surface area contributed by atoms with Crippen LogP contribution in [0.3, 0.4) is 0 Å². The average Bonchev–Trinajstić information content (AvgIpc) is 2.74. The van der Waals surface area contributed by atoms with Gasteiger partial charge in [-0.1, -0.05) is 6.07 Å². The number of rotatable bonds is 4. The highest BCUT2D eigenvalue weighted by molar-refractivity contribution is 5.19. The summed E-state index contributed by atoms with van der Waals surface area (Å²) in [6.45, 7) is 1.96. The number of nitrogens with one attached hydrogen (secondary N) is 1. The highest BCUT2D eigenvalue weighted by atomic mass is 16.3. The first-order chi connectivity index (χ1) is 7.79. The van der Waals surface area contributed by atoms with E-state index in [1.54, 1.807) is 6.26 Å². The monoisotopic (exact) mass is 216 g/mol. The van der Waals surface area contributed by atoms with E-state index in [2.05, 4.69) is 16.4 Å². The maximum Gasteiger partial charge on any atom is 0.101 e. The van der Waals surface area contributed by atoms with Crippen LogP contribution in [-0.4, -0.2) is 12.0 Å². The maximum atomic E-state index is 5.32. The van der Waals surface area contributed by atoms with Crippen molar-refractivity contribution in [2.45, 2.75) is 19.4 Å². The predicted molar refractivity (Wildman–Crippen MR) is 63.2 cm³/mol. The minimum Gasteiger partial charge on any atom is -0.469 e. The van der Waals surface area contributed by atoms with Crippen LogP contribution in [0.25, 0.3) is 0 Å². The summed E-state index contributed by atoms with van der Waals surface area (Å²) in [5.41, 5.74) is 2.26. The Kier molecular flexibility index (Phi) is 3.37. The molecule has 0 saturated heterocycles. The van der Waals surface area contributed by atoms with Crippen molar-refractivity contribution in [3.05, 3.63) is 53.7 Å². The van der Waals surface area contributed by atoms with Crippen molar-refractivity contribution in [3.8, 4) is 0 Å². The molecule has 1 atom stereocenters. The first-order valence-electron chi connectivity index (χ1n) is 5.42. The summed E-state index contributed by atoms with van der Waals surface area (Å²) < 4.78 is 5.32. The highest BCUT2D eigenvalue weighted by Crippen LogP contribution is 2.19. The number of aromatic nitrogens is 1. The van der Waals surface area contributed by atoms with E-state index < -0.39 is 0 Å². The summed E-state index contributed by atoms with van der Waals surface area (Å²) in [5.74, 6) is 0.941. The summed E-state index contributed by atoms with van der Waals surface area (Å²) in [6, 6.07) is 8.30. The van der Waals surface area contributed by atoms with Crippen molar-refractivity contribution in [1.82, 2.24) is 10.3 Å². The van der Waals surface area contributed by atoms with E-state index in [0.29, 0.717) is 0 Å². The minimum atomic E-state index is 0.257. The molecule has 1 unspecified atom stereocenters. The van der Waals surface area contributed by atoms with Gasteiger partial charge < -0.3 is 9.73 Å². The third-order valence-electron chi connectivity index (χ3n) is 2.64. The molecule has 0 fully saturated rings. The lowest BCUT2D eigenvalue weighted by Crippen LogP contribution is -2.18. The molecule has 0 aromatic carbocycles. The van der Waals surface area contributed by atoms with Crippen LogP contribution in [0.1, 0.15) is 23.1 Å². The molecule has 0 spiro atoms. The molecule has 3 heteroatoms. The Morgan fingerprint density at radius 1 is 1.44 bits per heavy atom. The van der Waals surface area contributed by atoms with Crippen molar-refractivity contribution in [2.75, 3.05) is 7.05 Å². The SMILES string of the molecule is CNC(Cc1ccccn1)c1coc(C)c1. The lowest BCUT2D eigenvalue weighted by molar-refractivity contribution is 0.519. The van der Waals surface area contributed by atoms with Crippen LogP contribution in [0, 0.1) is 6.92 Å². The molecule has 2 rings (SSSR count). The van der Waals surface area contributed by atoms with Gasteiger partial charge in [-0.25, -0.2) is 0 Å². The maximum absolute atomic E-state index is 5.32. The average molecular weight is 216 g/mol. The quantitative estimate of drug-likeness (QED) is 0.853. The molecule has 0 aliphatic rings. The molecule has 0 amide bonds. The number of furan rings is 1. The van der Waals surface area contributed by atoms with Crippen molar-refractivity contribution < 1.29 is 4.42 Å². The topological polar surface area (TPSA) is 38.1 Å². The minimum absolute atomic E-state index is 0.257. The molecular weight excluding hydrogens is 200 g/mol. The molecule has 3 nitrogen and oxygen atoms in total. The molecule has 16 heavy (non-hydrogen) atoms. The van der Waals surface area contributed by atoms with E-state index >= 15 is 0 Å². The van der Waals surface area contributed by atoms with Crippen LogP contribution in [0.2, 0.25) is 0 Å². The van der Waals surface area contributed by atoms with E-state index in [1.807, 2.05) is 38.4 Å². The Balaban J connectivity index is 2.12. The van der Waals surface area contributed by atoms with Gasteiger partial charge in [-0.15, -0.1) is 0 Å². The molecule has 2 aromatic heterocycles. The van der Waals surface area contributed by atoms with Crippen LogP contribution >= 0.6 is 0 Å². The summed E-state index contributed by atoms with van der Waals surface area (Å²) >= 11 is 0. The fourth-order valence-corrected chi connectivity index (χ4v) is 1.76. The van der Waals surface area contributed by atoms with Gasteiger partial charge in [0.05, 0.1) is 6.26 Å². The summed E-state index contributed by atoms with van der Waals surface area (Å²) in [7, 11) is 1.95. The van der Waals surface area contributed by atoms with Gasteiger partial charge in [-0.05, 0) is 32.2 Å². The highest BCUT2D eigenvalue weighted by Gasteiger charge is 2.12. The smallest absolute Gasteiger partial charge is 0.101 e. The fraction of sp³-hybridized carbons (Fsp3) is 0.308. The van der Waals surface area contributed by atoms with Gasteiger partial charge in [0, 0.05) is 29.9 Å². The number of pyridine rings is 1. The van der Waals surface area contributed by atoms with Crippen LogP contribution in [0.4, 0.5) is 0 Å². The van der Waals surface area contributed by atoms with Crippen molar-refractivity contribution in [2.24, 2.45) is 0 Å². The van der Waals surface area contributed by atoms with E-state index in [9.17, 15) is 0 Å². The second-order valence-corrected chi connectivity index (χ2v) is 3.86. The Morgan fingerprint density at radius 2 is 2.31 bits per heavy atom. The van der Waals surface area contributed by atoms with Crippen molar-refractivity contribution in [3.63, 3.8) is 0 Å². The number of aryl methyl sites for hydroxylation is 1. The summed E-state index contributed by atoms with van der Waals surface area (Å²) in [5, 5.41) is 3.28. The molecule has 0 aliphatic carbocycles. The van der Waals surface area contributed by atoms with Crippen molar-refractivity contribution in [1.29, 1.82) is 0 Å². The molecule has 0 saturated carbocycles. The zero-order valence-corrected chi connectivity index (χ0v) is 9.60. The van der Waals surface area contributed by atoms with Gasteiger partial charge in [0.1, 0.15) is 5.76 Å². The Morgan fingerprint density at radius 3 is 2.88 bits per heavy atom. The molecule has 2 aromatic rings. The first-order valence-corrected chi connectivity index (χ1v) is 5.42. The predicted octanol–water partition coefficient (Wildman–Crippen LogP) is 2.49. The molecule has 2 heterocycles. The fourth-order valence-electron chi connectivity index (χ4n) is 1.76.